The standard InChI is InChI=1S/C16H18ClN5O4.K/c17-11-10-12(21-15(18)20-11)22(8-19-10)7-4-9-13(23)25-16(26-14(9)24)5-2-1-3-6-16;/h8-9H,1-7H2,(H2,18,20,21);. The molecule has 2 aliphatic rings. The maximum Gasteiger partial charge on any atom is 0.323 e. The Bertz CT molecular complexity index is 863. The maximum absolute atomic E-state index is 12.4. The van der Waals surface area contributed by atoms with Gasteiger partial charge in [-0.3, -0.25) is 9.59 Å². The van der Waals surface area contributed by atoms with Gasteiger partial charge in [-0.25, -0.2) is 4.98 Å². The van der Waals surface area contributed by atoms with Crippen molar-refractivity contribution in [1.82, 2.24) is 19.5 Å². The molecule has 2 aromatic heterocycles. The van der Waals surface area contributed by atoms with Gasteiger partial charge in [0.1, 0.15) is 5.52 Å². The third-order valence-corrected chi connectivity index (χ3v) is 5.12. The first-order valence-electron chi connectivity index (χ1n) is 8.57. The summed E-state index contributed by atoms with van der Waals surface area (Å²) < 4.78 is 12.7. The van der Waals surface area contributed by atoms with E-state index in [0.717, 1.165) is 19.3 Å². The van der Waals surface area contributed by atoms with Gasteiger partial charge in [0.15, 0.2) is 16.7 Å². The van der Waals surface area contributed by atoms with Gasteiger partial charge in [0.05, 0.1) is 6.33 Å². The predicted molar refractivity (Wildman–Crippen MR) is 96.6 cm³/mol. The van der Waals surface area contributed by atoms with Crippen LogP contribution in [0.4, 0.5) is 5.95 Å². The average Bonchev–Trinajstić information content (AvgIpc) is 2.98. The Labute approximate surface area is 202 Å². The number of hydrogen-bond acceptors (Lipinski definition) is 8. The first kappa shape index (κ1) is 20.9. The van der Waals surface area contributed by atoms with Crippen LogP contribution < -0.4 is 5.73 Å². The quantitative estimate of drug-likeness (QED) is 0.344. The Morgan fingerprint density at radius 1 is 1.19 bits per heavy atom. The number of aromatic nitrogens is 4. The molecule has 0 amide bonds. The van der Waals surface area contributed by atoms with Crippen LogP contribution in [0.25, 0.3) is 11.2 Å². The largest absolute Gasteiger partial charge is 0.422 e. The average molecular weight is 419 g/mol. The Kier molecular flexibility index (Phi) is 6.43. The van der Waals surface area contributed by atoms with Gasteiger partial charge in [-0.15, -0.1) is 0 Å². The molecule has 2 aromatic rings. The number of esters is 2. The van der Waals surface area contributed by atoms with Crippen molar-refractivity contribution < 1.29 is 19.1 Å². The van der Waals surface area contributed by atoms with Gasteiger partial charge >= 0.3 is 11.9 Å². The summed E-state index contributed by atoms with van der Waals surface area (Å²) in [6, 6.07) is 0. The molecule has 4 rings (SSSR count). The number of carbonyl (C=O) groups is 2. The number of nitrogens with two attached hydrogens (primary N) is 1. The second-order valence-electron chi connectivity index (χ2n) is 6.64. The Morgan fingerprint density at radius 3 is 2.52 bits per heavy atom. The van der Waals surface area contributed by atoms with Crippen LogP contribution in [0.5, 0.6) is 0 Å². The second-order valence-corrected chi connectivity index (χ2v) is 7.00. The van der Waals surface area contributed by atoms with Crippen LogP contribution in [-0.2, 0) is 25.6 Å². The number of rotatable bonds is 3. The van der Waals surface area contributed by atoms with Crippen LogP contribution in [0, 0.1) is 5.92 Å². The van der Waals surface area contributed by atoms with Gasteiger partial charge in [-0.05, 0) is 19.3 Å². The van der Waals surface area contributed by atoms with E-state index in [2.05, 4.69) is 15.0 Å². The van der Waals surface area contributed by atoms with Crippen molar-refractivity contribution in [3.63, 3.8) is 0 Å². The number of carbonyl (C=O) groups excluding carboxylic acids is 2. The first-order chi connectivity index (χ1) is 12.5. The summed E-state index contributed by atoms with van der Waals surface area (Å²) in [6.07, 6.45) is 5.69. The topological polar surface area (TPSA) is 122 Å². The van der Waals surface area contributed by atoms with E-state index in [1.807, 2.05) is 0 Å². The monoisotopic (exact) mass is 418 g/mol. The number of nitrogens with zero attached hydrogens (tertiary/aromatic N) is 4. The molecule has 11 heteroatoms. The van der Waals surface area contributed by atoms with E-state index in [1.54, 1.807) is 4.57 Å². The van der Waals surface area contributed by atoms with Crippen LogP contribution in [-0.4, -0.2) is 88.6 Å². The van der Waals surface area contributed by atoms with Crippen molar-refractivity contribution >= 4 is 92.0 Å². The third kappa shape index (κ3) is 4.15. The molecule has 1 aliphatic heterocycles. The smallest absolute Gasteiger partial charge is 0.323 e. The van der Waals surface area contributed by atoms with E-state index in [0.29, 0.717) is 30.6 Å². The summed E-state index contributed by atoms with van der Waals surface area (Å²) in [5.74, 6) is -3.05. The predicted octanol–water partition coefficient (Wildman–Crippen LogP) is 1.45. The van der Waals surface area contributed by atoms with Gasteiger partial charge in [-0.1, -0.05) is 18.0 Å². The van der Waals surface area contributed by atoms with Crippen LogP contribution in [0.2, 0.25) is 5.15 Å². The summed E-state index contributed by atoms with van der Waals surface area (Å²) in [5, 5.41) is 0.155. The molecule has 27 heavy (non-hydrogen) atoms. The van der Waals surface area contributed by atoms with Crippen molar-refractivity contribution in [2.24, 2.45) is 5.92 Å². The second kappa shape index (κ2) is 8.30. The SMILES string of the molecule is Nc1nc(Cl)c2ncn(CCC3C(=O)OC4(CCCCC4)OC3=O)c2n1.[K]. The maximum atomic E-state index is 12.4. The van der Waals surface area contributed by atoms with Gasteiger partial charge in [0.25, 0.3) is 5.79 Å². The fourth-order valence-electron chi connectivity index (χ4n) is 3.51. The summed E-state index contributed by atoms with van der Waals surface area (Å²) in [5.41, 5.74) is 6.48. The van der Waals surface area contributed by atoms with E-state index in [1.165, 1.54) is 6.33 Å². The van der Waals surface area contributed by atoms with Gasteiger partial charge in [-0.2, -0.15) is 9.97 Å². The molecule has 0 bridgehead atoms. The molecule has 0 unspecified atom stereocenters. The van der Waals surface area contributed by atoms with Crippen molar-refractivity contribution in [1.29, 1.82) is 0 Å². The molecule has 2 fully saturated rings. The number of anilines is 1. The first-order valence-corrected chi connectivity index (χ1v) is 8.95. The van der Waals surface area contributed by atoms with Crippen LogP contribution in [0.15, 0.2) is 6.33 Å². The van der Waals surface area contributed by atoms with Gasteiger partial charge < -0.3 is 19.8 Å². The van der Waals surface area contributed by atoms with Crippen LogP contribution >= 0.6 is 11.6 Å². The fourth-order valence-corrected chi connectivity index (χ4v) is 3.73. The number of ether oxygens (including phenoxy) is 2. The number of imidazole rings is 1. The Hall–Kier alpha value is -0.784. The summed E-state index contributed by atoms with van der Waals surface area (Å²) >= 11 is 6.00. The number of halogens is 1. The molecule has 1 spiro atoms. The number of nitrogen functional groups attached to an aromatic ring is 1. The van der Waals surface area contributed by atoms with Crippen LogP contribution in [0.1, 0.15) is 38.5 Å². The minimum Gasteiger partial charge on any atom is -0.422 e. The third-order valence-electron chi connectivity index (χ3n) is 4.85. The molecule has 1 radical (unpaired) electrons. The molecule has 1 aliphatic carbocycles. The Balaban J connectivity index is 0.00000210. The normalized spacial score (nSPS) is 19.6. The van der Waals surface area contributed by atoms with E-state index in [4.69, 9.17) is 26.8 Å². The van der Waals surface area contributed by atoms with Gasteiger partial charge in [0.2, 0.25) is 5.95 Å². The zero-order valence-corrected chi connectivity index (χ0v) is 18.9. The van der Waals surface area contributed by atoms with E-state index in [-0.39, 0.29) is 68.9 Å². The molecule has 139 valence electrons. The molecule has 0 aromatic carbocycles. The van der Waals surface area contributed by atoms with Crippen molar-refractivity contribution in [3.8, 4) is 0 Å². The van der Waals surface area contributed by atoms with Crippen molar-refractivity contribution in [2.75, 3.05) is 5.73 Å². The zero-order valence-electron chi connectivity index (χ0n) is 15.0. The van der Waals surface area contributed by atoms with Crippen molar-refractivity contribution in [2.45, 2.75) is 50.9 Å². The molecular formula is C16H18ClKN5O4. The molecular weight excluding hydrogens is 401 g/mol. The van der Waals surface area contributed by atoms with E-state index >= 15 is 0 Å². The fraction of sp³-hybridized carbons (Fsp3) is 0.562. The molecule has 9 nitrogen and oxygen atoms in total. The number of aryl methyl sites for hydroxylation is 1. The molecule has 3 heterocycles. The summed E-state index contributed by atoms with van der Waals surface area (Å²) in [6.45, 7) is 0.311. The molecule has 1 saturated heterocycles. The van der Waals surface area contributed by atoms with Crippen LogP contribution in [0.3, 0.4) is 0 Å². The molecule has 0 atom stereocenters. The zero-order chi connectivity index (χ0) is 18.3. The summed E-state index contributed by atoms with van der Waals surface area (Å²) in [4.78, 5) is 36.9. The minimum atomic E-state index is -1.06. The molecule has 2 N–H and O–H groups in total. The summed E-state index contributed by atoms with van der Waals surface area (Å²) in [7, 11) is 0. The minimum absolute atomic E-state index is 0. The number of fused-ring (bicyclic) bond motifs is 1. The van der Waals surface area contributed by atoms with E-state index in [9.17, 15) is 9.59 Å². The van der Waals surface area contributed by atoms with Gasteiger partial charge in [0, 0.05) is 70.8 Å². The Morgan fingerprint density at radius 2 is 1.85 bits per heavy atom. The molecule has 1 saturated carbocycles. The number of hydrogen-bond donors (Lipinski definition) is 1. The van der Waals surface area contributed by atoms with Crippen molar-refractivity contribution in [3.05, 3.63) is 11.5 Å². The van der Waals surface area contributed by atoms with E-state index < -0.39 is 23.6 Å².